The Morgan fingerprint density at radius 1 is 1.25 bits per heavy atom. The van der Waals surface area contributed by atoms with E-state index in [0.717, 1.165) is 36.7 Å². The minimum atomic E-state index is -0.974. The topological polar surface area (TPSA) is 87.1 Å². The van der Waals surface area contributed by atoms with Crippen LogP contribution in [0.5, 0.6) is 0 Å². The van der Waals surface area contributed by atoms with E-state index in [1.807, 2.05) is 28.8 Å². The van der Waals surface area contributed by atoms with Gasteiger partial charge < -0.3 is 15.4 Å². The molecule has 1 aliphatic rings. The van der Waals surface area contributed by atoms with Crippen LogP contribution in [0.4, 0.5) is 4.79 Å². The number of nitrogens with one attached hydrogen (secondary N) is 2. The molecule has 3 rings (SSSR count). The smallest absolute Gasteiger partial charge is 0.404 e. The number of carbonyl (C=O) groups is 1. The zero-order valence-corrected chi connectivity index (χ0v) is 11.0. The molecule has 2 aromatic rings. The molecule has 6 nitrogen and oxygen atoms in total. The molecule has 1 saturated carbocycles. The van der Waals surface area contributed by atoms with E-state index in [2.05, 4.69) is 10.3 Å². The first-order chi connectivity index (χ1) is 9.65. The molecule has 1 aromatic heterocycles. The van der Waals surface area contributed by atoms with Crippen molar-refractivity contribution in [1.29, 1.82) is 0 Å². The summed E-state index contributed by atoms with van der Waals surface area (Å²) in [5, 5.41) is 11.3. The van der Waals surface area contributed by atoms with Crippen molar-refractivity contribution in [3.63, 3.8) is 0 Å². The highest BCUT2D eigenvalue weighted by Crippen LogP contribution is 2.29. The summed E-state index contributed by atoms with van der Waals surface area (Å²) in [6.07, 6.45) is 2.18. The van der Waals surface area contributed by atoms with Crippen LogP contribution in [0.2, 0.25) is 0 Å². The van der Waals surface area contributed by atoms with Crippen molar-refractivity contribution < 1.29 is 9.90 Å². The fraction of sp³-hybridized carbons (Fsp3) is 0.429. The molecule has 1 amide bonds. The SMILES string of the molecule is O=C(O)NC1CCC(n2c(=O)[nH]c3ccccc32)CC1. The number of rotatable bonds is 2. The maximum atomic E-state index is 12.1. The Bertz CT molecular complexity index is 680. The zero-order chi connectivity index (χ0) is 14.1. The van der Waals surface area contributed by atoms with Crippen molar-refractivity contribution in [2.75, 3.05) is 0 Å². The van der Waals surface area contributed by atoms with Gasteiger partial charge in [-0.15, -0.1) is 0 Å². The third-order valence-electron chi connectivity index (χ3n) is 4.01. The van der Waals surface area contributed by atoms with Crippen LogP contribution in [0.25, 0.3) is 11.0 Å². The van der Waals surface area contributed by atoms with E-state index in [9.17, 15) is 9.59 Å². The van der Waals surface area contributed by atoms with Crippen LogP contribution in [0, 0.1) is 0 Å². The van der Waals surface area contributed by atoms with Gasteiger partial charge >= 0.3 is 11.8 Å². The molecule has 0 saturated heterocycles. The lowest BCUT2D eigenvalue weighted by molar-refractivity contribution is 0.182. The van der Waals surface area contributed by atoms with Gasteiger partial charge in [0.15, 0.2) is 0 Å². The number of aromatic amines is 1. The lowest BCUT2D eigenvalue weighted by Crippen LogP contribution is -2.38. The highest BCUT2D eigenvalue weighted by Gasteiger charge is 2.25. The number of para-hydroxylation sites is 2. The van der Waals surface area contributed by atoms with Gasteiger partial charge in [-0.2, -0.15) is 0 Å². The van der Waals surface area contributed by atoms with Crippen LogP contribution >= 0.6 is 0 Å². The number of aromatic nitrogens is 2. The molecule has 1 aromatic carbocycles. The number of benzene rings is 1. The third kappa shape index (κ3) is 2.29. The Hall–Kier alpha value is -2.24. The Morgan fingerprint density at radius 3 is 2.65 bits per heavy atom. The maximum Gasteiger partial charge on any atom is 0.404 e. The molecule has 20 heavy (non-hydrogen) atoms. The van der Waals surface area contributed by atoms with Crippen molar-refractivity contribution in [2.24, 2.45) is 0 Å². The highest BCUT2D eigenvalue weighted by atomic mass is 16.4. The summed E-state index contributed by atoms with van der Waals surface area (Å²) in [5.41, 5.74) is 1.69. The number of imidazole rings is 1. The van der Waals surface area contributed by atoms with Crippen LogP contribution in [-0.2, 0) is 0 Å². The third-order valence-corrected chi connectivity index (χ3v) is 4.01. The monoisotopic (exact) mass is 275 g/mol. The normalized spacial score (nSPS) is 22.8. The number of H-pyrrole nitrogens is 1. The minimum absolute atomic E-state index is 0.00431. The largest absolute Gasteiger partial charge is 0.465 e. The molecule has 1 aliphatic carbocycles. The van der Waals surface area contributed by atoms with Gasteiger partial charge in [0, 0.05) is 12.1 Å². The summed E-state index contributed by atoms with van der Waals surface area (Å²) in [4.78, 5) is 25.6. The number of fused-ring (bicyclic) bond motifs is 1. The molecular formula is C14H17N3O3. The molecule has 0 radical (unpaired) electrons. The Labute approximate surface area is 115 Å². The summed E-state index contributed by atoms with van der Waals surface area (Å²) in [5.74, 6) is 0. The number of hydrogen-bond acceptors (Lipinski definition) is 2. The highest BCUT2D eigenvalue weighted by molar-refractivity contribution is 5.75. The van der Waals surface area contributed by atoms with Gasteiger partial charge in [0.05, 0.1) is 11.0 Å². The second kappa shape index (κ2) is 5.03. The molecule has 1 heterocycles. The van der Waals surface area contributed by atoms with Gasteiger partial charge in [-0.1, -0.05) is 12.1 Å². The second-order valence-corrected chi connectivity index (χ2v) is 5.27. The molecule has 0 aliphatic heterocycles. The quantitative estimate of drug-likeness (QED) is 0.784. The molecule has 3 N–H and O–H groups in total. The summed E-state index contributed by atoms with van der Waals surface area (Å²) in [6, 6.07) is 7.80. The first-order valence-corrected chi connectivity index (χ1v) is 6.84. The number of hydrogen-bond donors (Lipinski definition) is 3. The van der Waals surface area contributed by atoms with Crippen LogP contribution < -0.4 is 11.0 Å². The predicted molar refractivity (Wildman–Crippen MR) is 75.0 cm³/mol. The van der Waals surface area contributed by atoms with Gasteiger partial charge in [-0.05, 0) is 37.8 Å². The Balaban J connectivity index is 1.82. The predicted octanol–water partition coefficient (Wildman–Crippen LogP) is 2.08. The first-order valence-electron chi connectivity index (χ1n) is 6.84. The summed E-state index contributed by atoms with van der Waals surface area (Å²) in [6.45, 7) is 0. The molecule has 0 atom stereocenters. The fourth-order valence-electron chi connectivity index (χ4n) is 3.09. The van der Waals surface area contributed by atoms with Crippen LogP contribution in [0.3, 0.4) is 0 Å². The van der Waals surface area contributed by atoms with Gasteiger partial charge in [-0.25, -0.2) is 9.59 Å². The van der Waals surface area contributed by atoms with E-state index in [4.69, 9.17) is 5.11 Å². The Morgan fingerprint density at radius 2 is 1.95 bits per heavy atom. The van der Waals surface area contributed by atoms with Crippen LogP contribution in [0.1, 0.15) is 31.7 Å². The van der Waals surface area contributed by atoms with Gasteiger partial charge in [-0.3, -0.25) is 4.57 Å². The van der Waals surface area contributed by atoms with E-state index in [-0.39, 0.29) is 17.8 Å². The van der Waals surface area contributed by atoms with Crippen LogP contribution in [-0.4, -0.2) is 26.8 Å². The van der Waals surface area contributed by atoms with Crippen molar-refractivity contribution >= 4 is 17.1 Å². The molecule has 106 valence electrons. The molecule has 0 bridgehead atoms. The van der Waals surface area contributed by atoms with E-state index < -0.39 is 6.09 Å². The molecule has 0 spiro atoms. The fourth-order valence-corrected chi connectivity index (χ4v) is 3.09. The summed E-state index contributed by atoms with van der Waals surface area (Å²) < 4.78 is 1.81. The van der Waals surface area contributed by atoms with Gasteiger partial charge in [0.1, 0.15) is 0 Å². The average Bonchev–Trinajstić information content (AvgIpc) is 2.75. The van der Waals surface area contributed by atoms with E-state index in [1.54, 1.807) is 0 Å². The average molecular weight is 275 g/mol. The maximum absolute atomic E-state index is 12.1. The lowest BCUT2D eigenvalue weighted by atomic mass is 9.91. The second-order valence-electron chi connectivity index (χ2n) is 5.27. The van der Waals surface area contributed by atoms with E-state index in [0.29, 0.717) is 0 Å². The number of amides is 1. The molecule has 1 fully saturated rings. The van der Waals surface area contributed by atoms with Crippen molar-refractivity contribution in [2.45, 2.75) is 37.8 Å². The molecular weight excluding hydrogens is 258 g/mol. The Kier molecular flexibility index (Phi) is 3.22. The number of carboxylic acid groups (broad SMARTS) is 1. The summed E-state index contributed by atoms with van der Waals surface area (Å²) in [7, 11) is 0. The van der Waals surface area contributed by atoms with Crippen molar-refractivity contribution in [3.8, 4) is 0 Å². The van der Waals surface area contributed by atoms with Gasteiger partial charge in [0.2, 0.25) is 0 Å². The van der Waals surface area contributed by atoms with Crippen molar-refractivity contribution in [1.82, 2.24) is 14.9 Å². The standard InChI is InChI=1S/C14H17N3O3/c18-13-16-11-3-1-2-4-12(11)17(13)10-7-5-9(6-8-10)15-14(19)20/h1-4,9-10,15H,5-8H2,(H,16,18)(H,19,20). The molecule has 0 unspecified atom stereocenters. The molecule has 6 heteroatoms. The lowest BCUT2D eigenvalue weighted by Gasteiger charge is -2.29. The summed E-state index contributed by atoms with van der Waals surface area (Å²) >= 11 is 0. The zero-order valence-electron chi connectivity index (χ0n) is 11.0. The van der Waals surface area contributed by atoms with E-state index >= 15 is 0 Å². The van der Waals surface area contributed by atoms with Crippen LogP contribution in [0.15, 0.2) is 29.1 Å². The van der Waals surface area contributed by atoms with Gasteiger partial charge in [0.25, 0.3) is 0 Å². The first kappa shape index (κ1) is 12.8. The van der Waals surface area contributed by atoms with E-state index in [1.165, 1.54) is 0 Å². The minimum Gasteiger partial charge on any atom is -0.465 e. The number of nitrogens with zero attached hydrogens (tertiary/aromatic N) is 1. The van der Waals surface area contributed by atoms with Crippen molar-refractivity contribution in [3.05, 3.63) is 34.7 Å².